The number of aromatic nitrogens is 4. The first kappa shape index (κ1) is 20.2. The van der Waals surface area contributed by atoms with Gasteiger partial charge >= 0.3 is 0 Å². The van der Waals surface area contributed by atoms with Crippen molar-refractivity contribution >= 4 is 54.5 Å². The van der Waals surface area contributed by atoms with Crippen molar-refractivity contribution in [1.29, 1.82) is 0 Å². The zero-order valence-corrected chi connectivity index (χ0v) is 18.9. The van der Waals surface area contributed by atoms with E-state index < -0.39 is 0 Å². The Bertz CT molecular complexity index is 1100. The van der Waals surface area contributed by atoms with Crippen molar-refractivity contribution in [2.24, 2.45) is 5.92 Å². The number of nitrogens with two attached hydrogens (primary N) is 1. The Morgan fingerprint density at radius 2 is 1.62 bits per heavy atom. The fourth-order valence-corrected chi connectivity index (χ4v) is 4.27. The van der Waals surface area contributed by atoms with Crippen molar-refractivity contribution in [1.82, 2.24) is 18.8 Å². The lowest BCUT2D eigenvalue weighted by molar-refractivity contribution is 0.0699. The number of rotatable bonds is 3. The summed E-state index contributed by atoms with van der Waals surface area (Å²) in [6, 6.07) is 3.92. The van der Waals surface area contributed by atoms with Crippen molar-refractivity contribution in [3.63, 3.8) is 0 Å². The second kappa shape index (κ2) is 9.15. The summed E-state index contributed by atoms with van der Waals surface area (Å²) < 4.78 is 11.3. The number of pyridine rings is 2. The van der Waals surface area contributed by atoms with E-state index in [4.69, 9.17) is 10.5 Å². The lowest BCUT2D eigenvalue weighted by Gasteiger charge is -2.22. The molecule has 0 aliphatic carbocycles. The van der Waals surface area contributed by atoms with Crippen LogP contribution in [0.5, 0.6) is 0 Å². The lowest BCUT2D eigenvalue weighted by atomic mass is 10.0. The number of nitrogens with one attached hydrogen (secondary N) is 1. The van der Waals surface area contributed by atoms with Crippen LogP contribution in [0.3, 0.4) is 0 Å². The molecule has 5 heterocycles. The van der Waals surface area contributed by atoms with Crippen LogP contribution in [0, 0.1) is 5.92 Å². The van der Waals surface area contributed by atoms with Gasteiger partial charge in [-0.3, -0.25) is 0 Å². The van der Waals surface area contributed by atoms with Gasteiger partial charge in [-0.15, -0.1) is 0 Å². The fourth-order valence-electron chi connectivity index (χ4n) is 3.36. The first-order valence-electron chi connectivity index (χ1n) is 9.41. The Hall–Kier alpha value is -2.10. The van der Waals surface area contributed by atoms with Gasteiger partial charge < -0.3 is 24.6 Å². The predicted octanol–water partition coefficient (Wildman–Crippen LogP) is 4.61. The van der Waals surface area contributed by atoms with Crippen molar-refractivity contribution in [3.8, 4) is 0 Å². The molecule has 3 N–H and O–H groups in total. The van der Waals surface area contributed by atoms with Crippen LogP contribution in [-0.4, -0.2) is 38.5 Å². The van der Waals surface area contributed by atoms with E-state index in [1.54, 1.807) is 6.20 Å². The van der Waals surface area contributed by atoms with E-state index in [0.717, 1.165) is 58.5 Å². The Morgan fingerprint density at radius 3 is 2.34 bits per heavy atom. The second-order valence-electron chi connectivity index (χ2n) is 6.94. The van der Waals surface area contributed by atoms with E-state index in [2.05, 4.69) is 53.2 Å². The number of hydrogen-bond donors (Lipinski definition) is 2. The molecule has 0 radical (unpaired) electrons. The summed E-state index contributed by atoms with van der Waals surface area (Å²) in [5.41, 5.74) is 9.23. The molecule has 5 rings (SSSR count). The number of anilines is 2. The highest BCUT2D eigenvalue weighted by Gasteiger charge is 2.14. The molecular weight excluding hydrogens is 500 g/mol. The summed E-state index contributed by atoms with van der Waals surface area (Å²) in [5, 5.41) is 3.52. The molecule has 0 atom stereocenters. The van der Waals surface area contributed by atoms with Gasteiger partial charge in [0.1, 0.15) is 0 Å². The van der Waals surface area contributed by atoms with Crippen LogP contribution in [0.15, 0.2) is 58.3 Å². The van der Waals surface area contributed by atoms with Crippen LogP contribution in [-0.2, 0) is 4.74 Å². The summed E-state index contributed by atoms with van der Waals surface area (Å²) in [5.74, 6) is 0.702. The normalized spacial score (nSPS) is 14.7. The summed E-state index contributed by atoms with van der Waals surface area (Å²) in [4.78, 5) is 8.45. The maximum atomic E-state index is 5.69. The number of ether oxygens (including phenoxy) is 1. The topological polar surface area (TPSA) is 81.9 Å². The number of halogens is 2. The first-order valence-corrected chi connectivity index (χ1v) is 11.0. The van der Waals surface area contributed by atoms with Crippen molar-refractivity contribution < 1.29 is 4.74 Å². The van der Waals surface area contributed by atoms with Gasteiger partial charge in [0.2, 0.25) is 0 Å². The number of imidazole rings is 2. The van der Waals surface area contributed by atoms with E-state index in [1.165, 1.54) is 0 Å². The zero-order valence-electron chi connectivity index (χ0n) is 15.8. The molecule has 152 valence electrons. The summed E-state index contributed by atoms with van der Waals surface area (Å²) in [6.45, 7) is 2.77. The maximum Gasteiger partial charge on any atom is 0.160 e. The molecule has 7 nitrogen and oxygen atoms in total. The third kappa shape index (κ3) is 4.91. The van der Waals surface area contributed by atoms with Crippen LogP contribution in [0.4, 0.5) is 11.4 Å². The van der Waals surface area contributed by atoms with Gasteiger partial charge in [-0.25, -0.2) is 9.97 Å². The van der Waals surface area contributed by atoms with Crippen LogP contribution >= 0.6 is 31.9 Å². The summed E-state index contributed by atoms with van der Waals surface area (Å²) in [7, 11) is 0. The van der Waals surface area contributed by atoms with Gasteiger partial charge in [0.05, 0.1) is 11.4 Å². The average Bonchev–Trinajstić information content (AvgIpc) is 3.36. The molecule has 1 aliphatic heterocycles. The standard InChI is InChI=1S/C13H16BrN3O.C7H6BrN3/c14-11-7-12(13-15-3-4-17(13)9-11)16-8-10-1-5-18-6-2-10;8-5-3-6(9)7-10-1-2-11(7)4-5/h3-4,7,9-10,16H,1-2,5-6,8H2;1-4H,9H2. The number of hydrogen-bond acceptors (Lipinski definition) is 5. The minimum atomic E-state index is 0.685. The molecule has 1 fully saturated rings. The first-order chi connectivity index (χ1) is 14.1. The largest absolute Gasteiger partial charge is 0.396 e. The highest BCUT2D eigenvalue weighted by Crippen LogP contribution is 2.23. The van der Waals surface area contributed by atoms with Crippen molar-refractivity contribution in [3.05, 3.63) is 58.3 Å². The Morgan fingerprint density at radius 1 is 1.00 bits per heavy atom. The summed E-state index contributed by atoms with van der Waals surface area (Å²) >= 11 is 6.86. The van der Waals surface area contributed by atoms with Crippen LogP contribution in [0.1, 0.15) is 12.8 Å². The van der Waals surface area contributed by atoms with Crippen molar-refractivity contribution in [2.45, 2.75) is 12.8 Å². The molecule has 4 aromatic rings. The van der Waals surface area contributed by atoms with E-state index >= 15 is 0 Å². The van der Waals surface area contributed by atoms with Crippen molar-refractivity contribution in [2.75, 3.05) is 30.8 Å². The molecule has 9 heteroatoms. The molecule has 29 heavy (non-hydrogen) atoms. The number of fused-ring (bicyclic) bond motifs is 2. The van der Waals surface area contributed by atoms with Crippen LogP contribution in [0.2, 0.25) is 0 Å². The second-order valence-corrected chi connectivity index (χ2v) is 8.77. The molecule has 0 spiro atoms. The van der Waals surface area contributed by atoms with Gasteiger partial charge in [0.25, 0.3) is 0 Å². The predicted molar refractivity (Wildman–Crippen MR) is 122 cm³/mol. The molecule has 0 unspecified atom stereocenters. The molecule has 1 aliphatic rings. The van der Waals surface area contributed by atoms with Gasteiger partial charge in [-0.1, -0.05) is 0 Å². The monoisotopic (exact) mass is 520 g/mol. The Kier molecular flexibility index (Phi) is 6.37. The van der Waals surface area contributed by atoms with E-state index in [-0.39, 0.29) is 0 Å². The Balaban J connectivity index is 0.000000159. The molecule has 0 amide bonds. The smallest absolute Gasteiger partial charge is 0.160 e. The minimum Gasteiger partial charge on any atom is -0.396 e. The third-order valence-electron chi connectivity index (χ3n) is 4.86. The van der Waals surface area contributed by atoms with E-state index in [9.17, 15) is 0 Å². The van der Waals surface area contributed by atoms with Gasteiger partial charge in [-0.05, 0) is 62.8 Å². The summed E-state index contributed by atoms with van der Waals surface area (Å²) in [6.07, 6.45) is 13.6. The van der Waals surface area contributed by atoms with Gasteiger partial charge in [0.15, 0.2) is 11.3 Å². The molecule has 0 saturated carbocycles. The molecular formula is C20H22Br2N6O. The molecule has 0 bridgehead atoms. The van der Waals surface area contributed by atoms with E-state index in [0.29, 0.717) is 11.6 Å². The van der Waals surface area contributed by atoms with Gasteiger partial charge in [0, 0.05) is 65.9 Å². The molecule has 4 aromatic heterocycles. The highest BCUT2D eigenvalue weighted by atomic mass is 79.9. The maximum absolute atomic E-state index is 5.69. The van der Waals surface area contributed by atoms with Gasteiger partial charge in [-0.2, -0.15) is 0 Å². The van der Waals surface area contributed by atoms with E-state index in [1.807, 2.05) is 45.9 Å². The zero-order chi connectivity index (χ0) is 20.2. The molecule has 1 saturated heterocycles. The fraction of sp³-hybridized carbons (Fsp3) is 0.300. The lowest BCUT2D eigenvalue weighted by Crippen LogP contribution is -2.22. The number of nitrogens with zero attached hydrogens (tertiary/aromatic N) is 4. The molecule has 0 aromatic carbocycles. The Labute approximate surface area is 185 Å². The average molecular weight is 522 g/mol. The SMILES string of the molecule is Brc1cc(NCC2CCOCC2)c2nccn2c1.Nc1cc(Br)cn2ccnc12. The minimum absolute atomic E-state index is 0.685. The quantitative estimate of drug-likeness (QED) is 0.411. The highest BCUT2D eigenvalue weighted by molar-refractivity contribution is 9.10. The third-order valence-corrected chi connectivity index (χ3v) is 5.73. The van der Waals surface area contributed by atoms with Crippen LogP contribution < -0.4 is 11.1 Å². The number of nitrogen functional groups attached to an aromatic ring is 1. The van der Waals surface area contributed by atoms with Crippen LogP contribution in [0.25, 0.3) is 11.3 Å².